The molecule has 6 heteroatoms. The van der Waals surface area contributed by atoms with Gasteiger partial charge in [0, 0.05) is 17.1 Å². The van der Waals surface area contributed by atoms with Crippen LogP contribution in [0, 0.1) is 0 Å². The van der Waals surface area contributed by atoms with Gasteiger partial charge in [0.1, 0.15) is 10.6 Å². The Morgan fingerprint density at radius 1 is 1.28 bits per heavy atom. The van der Waals surface area contributed by atoms with E-state index in [0.717, 1.165) is 34.0 Å². The molecule has 4 rings (SSSR count). The summed E-state index contributed by atoms with van der Waals surface area (Å²) in [6, 6.07) is 10.3. The van der Waals surface area contributed by atoms with Gasteiger partial charge in [-0.1, -0.05) is 49.0 Å². The van der Waals surface area contributed by atoms with Crippen LogP contribution < -0.4 is 5.73 Å². The second-order valence-corrected chi connectivity index (χ2v) is 8.64. The lowest BCUT2D eigenvalue weighted by Gasteiger charge is -2.33. The number of thioether (sulfide) groups is 1. The van der Waals surface area contributed by atoms with Crippen LogP contribution in [0.1, 0.15) is 36.3 Å². The third kappa shape index (κ3) is 3.26. The van der Waals surface area contributed by atoms with Gasteiger partial charge in [-0.15, -0.1) is 11.3 Å². The number of nitrogens with zero attached hydrogens (tertiary/aromatic N) is 2. The lowest BCUT2D eigenvalue weighted by atomic mass is 9.90. The smallest absolute Gasteiger partial charge is 0.191 e. The van der Waals surface area contributed by atoms with Crippen molar-refractivity contribution in [1.29, 1.82) is 0 Å². The topological polar surface area (TPSA) is 61.0 Å². The first kappa shape index (κ1) is 16.8. The van der Waals surface area contributed by atoms with Crippen molar-refractivity contribution in [3.63, 3.8) is 0 Å². The lowest BCUT2D eigenvalue weighted by molar-refractivity contribution is -0.0542. The van der Waals surface area contributed by atoms with E-state index in [1.807, 2.05) is 18.2 Å². The van der Waals surface area contributed by atoms with Crippen LogP contribution >= 0.6 is 23.1 Å². The molecule has 0 radical (unpaired) electrons. The van der Waals surface area contributed by atoms with E-state index >= 15 is 0 Å². The van der Waals surface area contributed by atoms with Crippen LogP contribution in [-0.4, -0.2) is 15.6 Å². The largest absolute Gasteiger partial charge is 0.383 e. The Bertz CT molecular complexity index is 910. The molecule has 0 saturated carbocycles. The van der Waals surface area contributed by atoms with Gasteiger partial charge in [0.15, 0.2) is 5.16 Å². The summed E-state index contributed by atoms with van der Waals surface area (Å²) in [5, 5.41) is 1.78. The number of hydrogen-bond donors (Lipinski definition) is 1. The quantitative estimate of drug-likeness (QED) is 0.527. The number of anilines is 1. The fourth-order valence-corrected chi connectivity index (χ4v) is 5.07. The molecule has 0 spiro atoms. The fourth-order valence-electron chi connectivity index (χ4n) is 3.09. The van der Waals surface area contributed by atoms with Crippen molar-refractivity contribution in [2.45, 2.75) is 49.8 Å². The lowest BCUT2D eigenvalue weighted by Crippen LogP contribution is -2.33. The zero-order valence-electron chi connectivity index (χ0n) is 14.4. The fraction of sp³-hybridized carbons (Fsp3) is 0.368. The zero-order valence-corrected chi connectivity index (χ0v) is 16.0. The molecular weight excluding hydrogens is 350 g/mol. The van der Waals surface area contributed by atoms with Crippen molar-refractivity contribution >= 4 is 39.1 Å². The summed E-state index contributed by atoms with van der Waals surface area (Å²) in [5.74, 6) is 1.44. The third-order valence-corrected chi connectivity index (χ3v) is 6.82. The standard InChI is InChI=1S/C19H21N3OS2/c1-3-19(2)9-13-14(10-23-19)25-17-15(13)16(20)21-18(22-17)24-11-12-7-5-4-6-8-12/h4-8H,3,9-11H2,1-2H3,(H2,20,21,22)/t19-/m0/s1. The van der Waals surface area contributed by atoms with Crippen LogP contribution in [0.15, 0.2) is 35.5 Å². The molecule has 2 aromatic heterocycles. The summed E-state index contributed by atoms with van der Waals surface area (Å²) in [6.45, 7) is 4.98. The number of nitrogens with two attached hydrogens (primary N) is 1. The van der Waals surface area contributed by atoms with Crippen molar-refractivity contribution in [2.75, 3.05) is 5.73 Å². The first-order valence-corrected chi connectivity index (χ1v) is 10.3. The molecule has 0 saturated heterocycles. The maximum Gasteiger partial charge on any atom is 0.191 e. The van der Waals surface area contributed by atoms with Crippen molar-refractivity contribution in [1.82, 2.24) is 9.97 Å². The van der Waals surface area contributed by atoms with Crippen molar-refractivity contribution in [2.24, 2.45) is 0 Å². The van der Waals surface area contributed by atoms with E-state index in [1.54, 1.807) is 23.1 Å². The van der Waals surface area contributed by atoms with Crippen molar-refractivity contribution in [3.8, 4) is 0 Å². The van der Waals surface area contributed by atoms with Crippen LogP contribution in [0.25, 0.3) is 10.2 Å². The Balaban J connectivity index is 1.65. The van der Waals surface area contributed by atoms with E-state index in [2.05, 4.69) is 31.0 Å². The summed E-state index contributed by atoms with van der Waals surface area (Å²) < 4.78 is 6.06. The van der Waals surface area contributed by atoms with E-state index in [-0.39, 0.29) is 5.60 Å². The summed E-state index contributed by atoms with van der Waals surface area (Å²) in [7, 11) is 0. The van der Waals surface area contributed by atoms with Gasteiger partial charge in [0.05, 0.1) is 17.6 Å². The number of rotatable bonds is 4. The van der Waals surface area contributed by atoms with Crippen LogP contribution in [0.3, 0.4) is 0 Å². The second-order valence-electron chi connectivity index (χ2n) is 6.62. The molecule has 1 aromatic carbocycles. The summed E-state index contributed by atoms with van der Waals surface area (Å²) >= 11 is 3.32. The second kappa shape index (κ2) is 6.59. The van der Waals surface area contributed by atoms with E-state index in [9.17, 15) is 0 Å². The van der Waals surface area contributed by atoms with E-state index in [0.29, 0.717) is 12.4 Å². The summed E-state index contributed by atoms with van der Waals surface area (Å²) in [6.07, 6.45) is 1.86. The molecule has 0 aliphatic carbocycles. The number of hydrogen-bond acceptors (Lipinski definition) is 6. The maximum atomic E-state index is 6.33. The first-order valence-electron chi connectivity index (χ1n) is 8.46. The van der Waals surface area contributed by atoms with E-state index in [1.165, 1.54) is 16.0 Å². The zero-order chi connectivity index (χ0) is 17.4. The molecule has 3 heterocycles. The minimum atomic E-state index is -0.117. The Morgan fingerprint density at radius 3 is 2.84 bits per heavy atom. The summed E-state index contributed by atoms with van der Waals surface area (Å²) in [5.41, 5.74) is 8.75. The van der Waals surface area contributed by atoms with Gasteiger partial charge in [-0.05, 0) is 24.5 Å². The molecule has 0 unspecified atom stereocenters. The molecule has 0 amide bonds. The van der Waals surface area contributed by atoms with Gasteiger partial charge in [0.25, 0.3) is 0 Å². The molecule has 1 atom stereocenters. The van der Waals surface area contributed by atoms with E-state index < -0.39 is 0 Å². The van der Waals surface area contributed by atoms with Crippen LogP contribution in [-0.2, 0) is 23.5 Å². The van der Waals surface area contributed by atoms with Crippen molar-refractivity contribution < 1.29 is 4.74 Å². The highest BCUT2D eigenvalue weighted by atomic mass is 32.2. The molecule has 0 bridgehead atoms. The molecule has 0 fully saturated rings. The molecule has 3 aromatic rings. The van der Waals surface area contributed by atoms with Crippen molar-refractivity contribution in [3.05, 3.63) is 46.3 Å². The highest BCUT2D eigenvalue weighted by Gasteiger charge is 2.32. The first-order chi connectivity index (χ1) is 12.1. The monoisotopic (exact) mass is 371 g/mol. The van der Waals surface area contributed by atoms with Crippen LogP contribution in [0.2, 0.25) is 0 Å². The summed E-state index contributed by atoms with van der Waals surface area (Å²) in [4.78, 5) is 11.6. The third-order valence-electron chi connectivity index (χ3n) is 4.80. The Hall–Kier alpha value is -1.63. The van der Waals surface area contributed by atoms with Gasteiger partial charge in [-0.3, -0.25) is 0 Å². The molecule has 4 nitrogen and oxygen atoms in total. The number of nitrogen functional groups attached to an aromatic ring is 1. The normalized spacial score (nSPS) is 19.9. The molecule has 130 valence electrons. The van der Waals surface area contributed by atoms with Gasteiger partial charge in [-0.25, -0.2) is 9.97 Å². The average Bonchev–Trinajstić information content (AvgIpc) is 2.98. The number of thiophene rings is 1. The highest BCUT2D eigenvalue weighted by Crippen LogP contribution is 2.41. The molecule has 2 N–H and O–H groups in total. The SMILES string of the molecule is CC[C@@]1(C)Cc2c(sc3nc(SCc4ccccc4)nc(N)c23)CO1. The van der Waals surface area contributed by atoms with Gasteiger partial charge < -0.3 is 10.5 Å². The average molecular weight is 372 g/mol. The number of benzene rings is 1. The van der Waals surface area contributed by atoms with E-state index in [4.69, 9.17) is 15.5 Å². The maximum absolute atomic E-state index is 6.33. The molecule has 1 aliphatic heterocycles. The molecule has 1 aliphatic rings. The highest BCUT2D eigenvalue weighted by molar-refractivity contribution is 7.98. The van der Waals surface area contributed by atoms with Gasteiger partial charge in [-0.2, -0.15) is 0 Å². The Kier molecular flexibility index (Phi) is 4.43. The molecule has 25 heavy (non-hydrogen) atoms. The Morgan fingerprint density at radius 2 is 2.08 bits per heavy atom. The minimum Gasteiger partial charge on any atom is -0.383 e. The predicted octanol–water partition coefficient (Wildman–Crippen LogP) is 4.81. The number of fused-ring (bicyclic) bond motifs is 3. The number of ether oxygens (including phenoxy) is 1. The number of aromatic nitrogens is 2. The minimum absolute atomic E-state index is 0.117. The predicted molar refractivity (Wildman–Crippen MR) is 105 cm³/mol. The van der Waals surface area contributed by atoms with Crippen LogP contribution in [0.5, 0.6) is 0 Å². The Labute approximate surface area is 155 Å². The molecular formula is C19H21N3OS2. The van der Waals surface area contributed by atoms with Crippen LogP contribution in [0.4, 0.5) is 5.82 Å². The van der Waals surface area contributed by atoms with Gasteiger partial charge in [0.2, 0.25) is 0 Å². The van der Waals surface area contributed by atoms with Gasteiger partial charge >= 0.3 is 0 Å².